The number of carbonyl (C=O) groups is 2. The van der Waals surface area contributed by atoms with Crippen molar-refractivity contribution in [2.45, 2.75) is 170 Å². The lowest BCUT2D eigenvalue weighted by molar-refractivity contribution is 0.0918. The SMILES string of the molecule is CCC(C)(C)Oc1ccc(CCCCNC(=O)c2ccccc2C(=O)NCCCCc2ccc(OC(C)(C)CC)cc2OC(C)(C)CC)c(OC(C)(C)CC)c1. The molecule has 0 aromatic heterocycles. The highest BCUT2D eigenvalue weighted by Crippen LogP contribution is 2.34. The Labute approximate surface area is 338 Å². The van der Waals surface area contributed by atoms with Crippen LogP contribution in [0.5, 0.6) is 23.0 Å². The minimum atomic E-state index is -0.305. The number of benzene rings is 3. The third kappa shape index (κ3) is 15.0. The zero-order chi connectivity index (χ0) is 41.6. The number of unbranched alkanes of at least 4 members (excludes halogenated alkanes) is 2. The Balaban J connectivity index is 1.53. The maximum Gasteiger partial charge on any atom is 0.252 e. The van der Waals surface area contributed by atoms with Crippen LogP contribution in [0.25, 0.3) is 0 Å². The highest BCUT2D eigenvalue weighted by molar-refractivity contribution is 6.07. The van der Waals surface area contributed by atoms with E-state index in [0.29, 0.717) is 24.2 Å². The second-order valence-corrected chi connectivity index (χ2v) is 17.4. The number of nitrogens with one attached hydrogen (secondary N) is 2. The average Bonchev–Trinajstić information content (AvgIpc) is 3.15. The van der Waals surface area contributed by atoms with Crippen LogP contribution in [0.3, 0.4) is 0 Å². The van der Waals surface area contributed by atoms with Crippen LogP contribution in [0.4, 0.5) is 0 Å². The van der Waals surface area contributed by atoms with E-state index in [1.54, 1.807) is 24.3 Å². The number of aryl methyl sites for hydroxylation is 2. The lowest BCUT2D eigenvalue weighted by Crippen LogP contribution is -2.30. The van der Waals surface area contributed by atoms with Crippen molar-refractivity contribution >= 4 is 11.8 Å². The summed E-state index contributed by atoms with van der Waals surface area (Å²) < 4.78 is 25.4. The number of amides is 2. The molecule has 0 aliphatic heterocycles. The van der Waals surface area contributed by atoms with Crippen molar-refractivity contribution < 1.29 is 28.5 Å². The molecular weight excluding hydrogens is 701 g/mol. The van der Waals surface area contributed by atoms with Crippen molar-refractivity contribution in [1.29, 1.82) is 0 Å². The van der Waals surface area contributed by atoms with Crippen molar-refractivity contribution in [3.63, 3.8) is 0 Å². The van der Waals surface area contributed by atoms with E-state index >= 15 is 0 Å². The molecule has 0 saturated heterocycles. The Kier molecular flexibility index (Phi) is 17.2. The van der Waals surface area contributed by atoms with Gasteiger partial charge in [-0.2, -0.15) is 0 Å². The van der Waals surface area contributed by atoms with Gasteiger partial charge in [0.05, 0.1) is 11.1 Å². The summed E-state index contributed by atoms with van der Waals surface area (Å²) in [6.07, 6.45) is 8.46. The summed E-state index contributed by atoms with van der Waals surface area (Å²) in [5, 5.41) is 6.06. The second kappa shape index (κ2) is 20.8. The van der Waals surface area contributed by atoms with E-state index in [-0.39, 0.29) is 34.2 Å². The molecule has 0 radical (unpaired) electrons. The quantitative estimate of drug-likeness (QED) is 0.0881. The van der Waals surface area contributed by atoms with Crippen LogP contribution in [-0.4, -0.2) is 47.3 Å². The Hall–Kier alpha value is -4.20. The predicted octanol–water partition coefficient (Wildman–Crippen LogP) is 11.5. The van der Waals surface area contributed by atoms with Crippen molar-refractivity contribution in [3.05, 3.63) is 82.9 Å². The van der Waals surface area contributed by atoms with E-state index in [9.17, 15) is 9.59 Å². The van der Waals surface area contributed by atoms with Gasteiger partial charge < -0.3 is 29.6 Å². The van der Waals surface area contributed by atoms with Crippen molar-refractivity contribution in [2.24, 2.45) is 0 Å². The van der Waals surface area contributed by atoms with Crippen LogP contribution in [0.15, 0.2) is 60.7 Å². The highest BCUT2D eigenvalue weighted by Gasteiger charge is 2.24. The zero-order valence-electron chi connectivity index (χ0n) is 36.7. The summed E-state index contributed by atoms with van der Waals surface area (Å²) >= 11 is 0. The molecule has 2 N–H and O–H groups in total. The number of hydrogen-bond acceptors (Lipinski definition) is 6. The summed E-state index contributed by atoms with van der Waals surface area (Å²) in [4.78, 5) is 26.6. The summed E-state index contributed by atoms with van der Waals surface area (Å²) in [6, 6.07) is 19.2. The Bertz CT molecular complexity index is 1580. The first kappa shape index (κ1) is 46.2. The van der Waals surface area contributed by atoms with Crippen molar-refractivity contribution in [2.75, 3.05) is 13.1 Å². The molecule has 0 saturated carbocycles. The van der Waals surface area contributed by atoms with Gasteiger partial charge in [-0.1, -0.05) is 52.0 Å². The Morgan fingerprint density at radius 3 is 1.16 bits per heavy atom. The summed E-state index contributed by atoms with van der Waals surface area (Å²) in [5.74, 6) is 2.79. The van der Waals surface area contributed by atoms with Crippen LogP contribution in [0, 0.1) is 0 Å². The van der Waals surface area contributed by atoms with Crippen molar-refractivity contribution in [1.82, 2.24) is 10.6 Å². The topological polar surface area (TPSA) is 95.1 Å². The second-order valence-electron chi connectivity index (χ2n) is 17.4. The minimum absolute atomic E-state index is 0.248. The largest absolute Gasteiger partial charge is 0.488 e. The smallest absolute Gasteiger partial charge is 0.252 e. The molecule has 0 atom stereocenters. The van der Waals surface area contributed by atoms with Gasteiger partial charge in [-0.15, -0.1) is 0 Å². The zero-order valence-corrected chi connectivity index (χ0v) is 36.7. The highest BCUT2D eigenvalue weighted by atomic mass is 16.5. The normalized spacial score (nSPS) is 12.2. The third-order valence-corrected chi connectivity index (χ3v) is 10.8. The lowest BCUT2D eigenvalue weighted by Gasteiger charge is -2.29. The van der Waals surface area contributed by atoms with Crippen LogP contribution in [0.1, 0.15) is 166 Å². The molecule has 8 nitrogen and oxygen atoms in total. The van der Waals surface area contributed by atoms with E-state index in [4.69, 9.17) is 18.9 Å². The molecule has 310 valence electrons. The molecule has 0 bridgehead atoms. The first-order valence-corrected chi connectivity index (χ1v) is 21.0. The van der Waals surface area contributed by atoms with E-state index in [1.165, 1.54) is 0 Å². The van der Waals surface area contributed by atoms with Gasteiger partial charge in [-0.3, -0.25) is 9.59 Å². The molecule has 3 aromatic carbocycles. The summed E-state index contributed by atoms with van der Waals surface area (Å²) in [5.41, 5.74) is 1.86. The van der Waals surface area contributed by atoms with Gasteiger partial charge in [0.1, 0.15) is 45.4 Å². The van der Waals surface area contributed by atoms with Gasteiger partial charge in [0.25, 0.3) is 11.8 Å². The van der Waals surface area contributed by atoms with E-state index < -0.39 is 0 Å². The lowest BCUT2D eigenvalue weighted by atomic mass is 10.0. The third-order valence-electron chi connectivity index (χ3n) is 10.8. The van der Waals surface area contributed by atoms with Gasteiger partial charge in [0, 0.05) is 25.2 Å². The Morgan fingerprint density at radius 1 is 0.482 bits per heavy atom. The van der Waals surface area contributed by atoms with E-state index in [0.717, 1.165) is 98.3 Å². The van der Waals surface area contributed by atoms with Crippen LogP contribution in [0.2, 0.25) is 0 Å². The number of hydrogen-bond donors (Lipinski definition) is 2. The first-order valence-electron chi connectivity index (χ1n) is 21.0. The molecule has 3 aromatic rings. The van der Waals surface area contributed by atoms with E-state index in [1.807, 2.05) is 24.3 Å². The summed E-state index contributed by atoms with van der Waals surface area (Å²) in [7, 11) is 0. The molecule has 0 aliphatic rings. The fourth-order valence-corrected chi connectivity index (χ4v) is 5.68. The van der Waals surface area contributed by atoms with Gasteiger partial charge in [0.2, 0.25) is 0 Å². The molecule has 2 amide bonds. The molecule has 3 rings (SSSR count). The van der Waals surface area contributed by atoms with Gasteiger partial charge >= 0.3 is 0 Å². The molecular formula is C48H72N2O6. The maximum absolute atomic E-state index is 13.3. The molecule has 8 heteroatoms. The molecule has 0 unspecified atom stereocenters. The van der Waals surface area contributed by atoms with Crippen molar-refractivity contribution in [3.8, 4) is 23.0 Å². The fraction of sp³-hybridized carbons (Fsp3) is 0.583. The number of ether oxygens (including phenoxy) is 4. The van der Waals surface area contributed by atoms with Crippen LogP contribution < -0.4 is 29.6 Å². The molecule has 56 heavy (non-hydrogen) atoms. The summed E-state index contributed by atoms with van der Waals surface area (Å²) in [6.45, 7) is 26.2. The number of rotatable bonds is 24. The van der Waals surface area contributed by atoms with Gasteiger partial charge in [-0.05, 0) is 155 Å². The van der Waals surface area contributed by atoms with Gasteiger partial charge in [0.15, 0.2) is 0 Å². The standard InChI is InChI=1S/C48H72N2O6/c1-13-45(5,6)53-37-29-27-35(41(33-37)55-47(9,10)15-3)23-19-21-31-49-43(51)39-25-17-18-26-40(39)44(52)50-32-22-20-24-36-28-30-38(54-46(7,8)14-2)34-42(36)56-48(11,12)16-4/h17-18,25-30,33-34H,13-16,19-24,31-32H2,1-12H3,(H,49,51)(H,50,52). The molecule has 0 spiro atoms. The predicted molar refractivity (Wildman–Crippen MR) is 230 cm³/mol. The maximum atomic E-state index is 13.3. The monoisotopic (exact) mass is 773 g/mol. The first-order chi connectivity index (χ1) is 26.3. The number of carbonyl (C=O) groups excluding carboxylic acids is 2. The van der Waals surface area contributed by atoms with Crippen LogP contribution >= 0.6 is 0 Å². The molecule has 0 fully saturated rings. The van der Waals surface area contributed by atoms with Crippen LogP contribution in [-0.2, 0) is 12.8 Å². The molecule has 0 heterocycles. The fourth-order valence-electron chi connectivity index (χ4n) is 5.68. The van der Waals surface area contributed by atoms with E-state index in [2.05, 4.69) is 106 Å². The molecule has 0 aliphatic carbocycles. The minimum Gasteiger partial charge on any atom is -0.488 e. The van der Waals surface area contributed by atoms with Gasteiger partial charge in [-0.25, -0.2) is 0 Å². The average molecular weight is 773 g/mol. The Morgan fingerprint density at radius 2 is 0.821 bits per heavy atom.